The van der Waals surface area contributed by atoms with Crippen LogP contribution in [0.3, 0.4) is 0 Å². The van der Waals surface area contributed by atoms with Gasteiger partial charge in [-0.25, -0.2) is 4.79 Å². The molecule has 0 aliphatic rings. The molecule has 3 aromatic carbocycles. The van der Waals surface area contributed by atoms with Gasteiger partial charge in [0.25, 0.3) is 0 Å². The highest BCUT2D eigenvalue weighted by Crippen LogP contribution is 2.23. The summed E-state index contributed by atoms with van der Waals surface area (Å²) in [4.78, 5) is 24.9. The molecule has 0 aliphatic heterocycles. The summed E-state index contributed by atoms with van der Waals surface area (Å²) < 4.78 is 0. The molecule has 3 amide bonds. The van der Waals surface area contributed by atoms with Gasteiger partial charge in [-0.15, -0.1) is 0 Å². The number of urea groups is 1. The van der Waals surface area contributed by atoms with Crippen LogP contribution in [0.25, 0.3) is 0 Å². The highest BCUT2D eigenvalue weighted by Gasteiger charge is 2.18. The molecule has 0 aromatic heterocycles. The van der Waals surface area contributed by atoms with Gasteiger partial charge in [0.05, 0.1) is 5.92 Å². The third-order valence-corrected chi connectivity index (χ3v) is 4.35. The number of hydrogen-bond acceptors (Lipinski definition) is 2. The van der Waals surface area contributed by atoms with Gasteiger partial charge < -0.3 is 16.0 Å². The molecule has 0 aliphatic carbocycles. The molecular weight excluding hydrogens is 350 g/mol. The number of para-hydroxylation sites is 1. The van der Waals surface area contributed by atoms with Gasteiger partial charge in [-0.3, -0.25) is 4.79 Å². The largest absolute Gasteiger partial charge is 0.325 e. The highest BCUT2D eigenvalue weighted by atomic mass is 16.2. The maximum Gasteiger partial charge on any atom is 0.323 e. The fraction of sp³-hybridized carbons (Fsp3) is 0.130. The van der Waals surface area contributed by atoms with E-state index < -0.39 is 0 Å². The fourth-order valence-corrected chi connectivity index (χ4v) is 2.98. The van der Waals surface area contributed by atoms with E-state index in [0.29, 0.717) is 23.5 Å². The van der Waals surface area contributed by atoms with Gasteiger partial charge in [0.15, 0.2) is 0 Å². The Labute approximate surface area is 164 Å². The Morgan fingerprint density at radius 3 is 1.89 bits per heavy atom. The Morgan fingerprint density at radius 2 is 1.25 bits per heavy atom. The standard InChI is InChI=1S/C23H23N3O2/c1-2-21(17-10-5-3-6-11-17)22(27)24-19-14-9-15-20(16-19)26-23(28)25-18-12-7-4-8-13-18/h3-16,21H,2H2,1H3,(H,24,27)(H2,25,26,28). The van der Waals surface area contributed by atoms with Gasteiger partial charge >= 0.3 is 6.03 Å². The maximum absolute atomic E-state index is 12.7. The molecule has 1 atom stereocenters. The average Bonchev–Trinajstić information content (AvgIpc) is 2.70. The zero-order valence-corrected chi connectivity index (χ0v) is 15.7. The van der Waals surface area contributed by atoms with Crippen LogP contribution in [0.4, 0.5) is 21.9 Å². The second-order valence-corrected chi connectivity index (χ2v) is 6.39. The van der Waals surface area contributed by atoms with Crippen molar-refractivity contribution in [3.63, 3.8) is 0 Å². The summed E-state index contributed by atoms with van der Waals surface area (Å²) in [6.45, 7) is 1.99. The van der Waals surface area contributed by atoms with E-state index in [-0.39, 0.29) is 17.9 Å². The Morgan fingerprint density at radius 1 is 0.714 bits per heavy atom. The van der Waals surface area contributed by atoms with Gasteiger partial charge in [-0.2, -0.15) is 0 Å². The van der Waals surface area contributed by atoms with Gasteiger partial charge in [0, 0.05) is 17.1 Å². The summed E-state index contributed by atoms with van der Waals surface area (Å²) in [5, 5.41) is 8.48. The van der Waals surface area contributed by atoms with Crippen LogP contribution in [0.5, 0.6) is 0 Å². The lowest BCUT2D eigenvalue weighted by Crippen LogP contribution is -2.21. The number of nitrogens with one attached hydrogen (secondary N) is 3. The molecule has 5 heteroatoms. The molecule has 0 saturated heterocycles. The van der Waals surface area contributed by atoms with Crippen molar-refractivity contribution < 1.29 is 9.59 Å². The van der Waals surface area contributed by atoms with E-state index in [9.17, 15) is 9.59 Å². The second-order valence-electron chi connectivity index (χ2n) is 6.39. The van der Waals surface area contributed by atoms with E-state index in [1.165, 1.54) is 0 Å². The molecule has 0 radical (unpaired) electrons. The van der Waals surface area contributed by atoms with Crippen molar-refractivity contribution in [2.45, 2.75) is 19.3 Å². The number of rotatable bonds is 6. The zero-order chi connectivity index (χ0) is 19.8. The first-order valence-electron chi connectivity index (χ1n) is 9.24. The summed E-state index contributed by atoms with van der Waals surface area (Å²) in [6.07, 6.45) is 0.702. The number of carbonyl (C=O) groups excluding carboxylic acids is 2. The van der Waals surface area contributed by atoms with Crippen LogP contribution in [0.2, 0.25) is 0 Å². The normalized spacial score (nSPS) is 11.3. The van der Waals surface area contributed by atoms with Crippen LogP contribution in [0.15, 0.2) is 84.9 Å². The molecule has 0 bridgehead atoms. The maximum atomic E-state index is 12.7. The summed E-state index contributed by atoms with van der Waals surface area (Å²) in [5.74, 6) is -0.293. The number of carbonyl (C=O) groups is 2. The molecule has 142 valence electrons. The number of hydrogen-bond donors (Lipinski definition) is 3. The summed E-state index contributed by atoms with van der Waals surface area (Å²) in [6, 6.07) is 25.7. The second kappa shape index (κ2) is 9.37. The molecule has 0 fully saturated rings. The smallest absolute Gasteiger partial charge is 0.323 e. The van der Waals surface area contributed by atoms with Gasteiger partial charge in [0.1, 0.15) is 0 Å². The molecule has 3 N–H and O–H groups in total. The first-order chi connectivity index (χ1) is 13.7. The van der Waals surface area contributed by atoms with E-state index in [0.717, 1.165) is 5.56 Å². The lowest BCUT2D eigenvalue weighted by Gasteiger charge is -2.16. The summed E-state index contributed by atoms with van der Waals surface area (Å²) >= 11 is 0. The minimum absolute atomic E-state index is 0.0698. The van der Waals surface area contributed by atoms with E-state index in [1.807, 2.05) is 67.6 Å². The predicted octanol–water partition coefficient (Wildman–Crippen LogP) is 5.46. The molecule has 0 spiro atoms. The fourth-order valence-electron chi connectivity index (χ4n) is 2.98. The molecule has 28 heavy (non-hydrogen) atoms. The van der Waals surface area contributed by atoms with Crippen molar-refractivity contribution in [1.29, 1.82) is 0 Å². The summed E-state index contributed by atoms with van der Waals surface area (Å²) in [5.41, 5.74) is 2.92. The third kappa shape index (κ3) is 5.20. The van der Waals surface area contributed by atoms with Crippen LogP contribution in [0.1, 0.15) is 24.8 Å². The molecule has 3 aromatic rings. The van der Waals surface area contributed by atoms with Crippen molar-refractivity contribution in [2.75, 3.05) is 16.0 Å². The minimum atomic E-state index is -0.342. The Balaban J connectivity index is 1.64. The Bertz CT molecular complexity index is 927. The number of anilines is 3. The topological polar surface area (TPSA) is 70.2 Å². The predicted molar refractivity (Wildman–Crippen MR) is 114 cm³/mol. The molecule has 5 nitrogen and oxygen atoms in total. The van der Waals surface area contributed by atoms with Crippen LogP contribution in [-0.4, -0.2) is 11.9 Å². The lowest BCUT2D eigenvalue weighted by atomic mass is 9.95. The van der Waals surface area contributed by atoms with Crippen molar-refractivity contribution in [2.24, 2.45) is 0 Å². The lowest BCUT2D eigenvalue weighted by molar-refractivity contribution is -0.117. The SMILES string of the molecule is CCC(C(=O)Nc1cccc(NC(=O)Nc2ccccc2)c1)c1ccccc1. The third-order valence-electron chi connectivity index (χ3n) is 4.35. The van der Waals surface area contributed by atoms with E-state index in [2.05, 4.69) is 16.0 Å². The van der Waals surface area contributed by atoms with Crippen molar-refractivity contribution in [3.8, 4) is 0 Å². The van der Waals surface area contributed by atoms with E-state index in [4.69, 9.17) is 0 Å². The Hall–Kier alpha value is -3.60. The minimum Gasteiger partial charge on any atom is -0.325 e. The molecule has 0 heterocycles. The monoisotopic (exact) mass is 373 g/mol. The first-order valence-corrected chi connectivity index (χ1v) is 9.24. The molecule has 0 saturated carbocycles. The van der Waals surface area contributed by atoms with Crippen LogP contribution in [-0.2, 0) is 4.79 Å². The van der Waals surface area contributed by atoms with Crippen LogP contribution >= 0.6 is 0 Å². The Kier molecular flexibility index (Phi) is 6.41. The summed E-state index contributed by atoms with van der Waals surface area (Å²) in [7, 11) is 0. The van der Waals surface area contributed by atoms with Gasteiger partial charge in [-0.1, -0.05) is 61.5 Å². The van der Waals surface area contributed by atoms with Crippen LogP contribution in [0, 0.1) is 0 Å². The first kappa shape index (κ1) is 19.2. The van der Waals surface area contributed by atoms with Gasteiger partial charge in [-0.05, 0) is 42.3 Å². The molecule has 3 rings (SSSR count). The zero-order valence-electron chi connectivity index (χ0n) is 15.7. The molecule has 1 unspecified atom stereocenters. The quantitative estimate of drug-likeness (QED) is 0.537. The average molecular weight is 373 g/mol. The van der Waals surface area contributed by atoms with E-state index in [1.54, 1.807) is 24.3 Å². The highest BCUT2D eigenvalue weighted by molar-refractivity contribution is 6.01. The number of benzene rings is 3. The van der Waals surface area contributed by atoms with Crippen molar-refractivity contribution >= 4 is 29.0 Å². The van der Waals surface area contributed by atoms with Gasteiger partial charge in [0.2, 0.25) is 5.91 Å². The van der Waals surface area contributed by atoms with E-state index >= 15 is 0 Å². The number of amides is 3. The van der Waals surface area contributed by atoms with Crippen molar-refractivity contribution in [1.82, 2.24) is 0 Å². The van der Waals surface area contributed by atoms with Crippen molar-refractivity contribution in [3.05, 3.63) is 90.5 Å². The molecular formula is C23H23N3O2. The van der Waals surface area contributed by atoms with Crippen LogP contribution < -0.4 is 16.0 Å².